The Bertz CT molecular complexity index is 326. The minimum absolute atomic E-state index is 0.139. The highest BCUT2D eigenvalue weighted by Gasteiger charge is 2.37. The molecule has 2 N–H and O–H groups in total. The third kappa shape index (κ3) is 3.53. The number of amides is 1. The lowest BCUT2D eigenvalue weighted by Gasteiger charge is -2.40. The largest absolute Gasteiger partial charge is 0.384 e. The second-order valence-corrected chi connectivity index (χ2v) is 6.92. The monoisotopic (exact) mass is 282 g/mol. The Morgan fingerprint density at radius 1 is 1.20 bits per heavy atom. The molecule has 1 saturated heterocycles. The van der Waals surface area contributed by atoms with E-state index in [-0.39, 0.29) is 12.0 Å². The topological polar surface area (TPSA) is 55.6 Å². The quantitative estimate of drug-likeness (QED) is 0.860. The van der Waals surface area contributed by atoms with Gasteiger partial charge in [0, 0.05) is 38.8 Å². The van der Waals surface area contributed by atoms with Crippen molar-refractivity contribution in [2.24, 2.45) is 29.4 Å². The van der Waals surface area contributed by atoms with E-state index in [9.17, 15) is 4.79 Å². The molecule has 0 bridgehead atoms. The Morgan fingerprint density at radius 3 is 2.45 bits per heavy atom. The highest BCUT2D eigenvalue weighted by Crippen LogP contribution is 2.34. The zero-order valence-electron chi connectivity index (χ0n) is 13.2. The van der Waals surface area contributed by atoms with E-state index >= 15 is 0 Å². The van der Waals surface area contributed by atoms with Gasteiger partial charge >= 0.3 is 0 Å². The minimum Gasteiger partial charge on any atom is -0.384 e. The first kappa shape index (κ1) is 15.8. The van der Waals surface area contributed by atoms with Crippen LogP contribution in [-0.2, 0) is 9.53 Å². The van der Waals surface area contributed by atoms with E-state index in [0.29, 0.717) is 23.7 Å². The fourth-order valence-corrected chi connectivity index (χ4v) is 3.82. The van der Waals surface area contributed by atoms with Gasteiger partial charge in [0.1, 0.15) is 0 Å². The Hall–Kier alpha value is -0.610. The van der Waals surface area contributed by atoms with Crippen LogP contribution in [0.25, 0.3) is 0 Å². The zero-order valence-corrected chi connectivity index (χ0v) is 13.2. The number of hydrogen-bond donors (Lipinski definition) is 1. The average molecular weight is 282 g/mol. The van der Waals surface area contributed by atoms with Crippen molar-refractivity contribution in [1.29, 1.82) is 0 Å². The van der Waals surface area contributed by atoms with Gasteiger partial charge in [0.15, 0.2) is 0 Å². The summed E-state index contributed by atoms with van der Waals surface area (Å²) >= 11 is 0. The minimum atomic E-state index is 0.139. The zero-order chi connectivity index (χ0) is 14.7. The van der Waals surface area contributed by atoms with Gasteiger partial charge in [-0.25, -0.2) is 0 Å². The SMILES string of the molecule is COCC1CCN(C(=O)C2CC(N)C(C)CC2C)CC1. The highest BCUT2D eigenvalue weighted by atomic mass is 16.5. The van der Waals surface area contributed by atoms with E-state index in [2.05, 4.69) is 18.7 Å². The van der Waals surface area contributed by atoms with E-state index in [1.807, 2.05) is 0 Å². The summed E-state index contributed by atoms with van der Waals surface area (Å²) in [6.07, 6.45) is 4.09. The molecule has 4 atom stereocenters. The number of nitrogens with two attached hydrogens (primary N) is 1. The second-order valence-electron chi connectivity index (χ2n) is 6.92. The van der Waals surface area contributed by atoms with Gasteiger partial charge in [-0.05, 0) is 43.4 Å². The molecule has 0 aromatic heterocycles. The second kappa shape index (κ2) is 6.90. The molecule has 4 heteroatoms. The van der Waals surface area contributed by atoms with Crippen molar-refractivity contribution < 1.29 is 9.53 Å². The summed E-state index contributed by atoms with van der Waals surface area (Å²) in [7, 11) is 1.75. The number of nitrogens with zero attached hydrogens (tertiary/aromatic N) is 1. The van der Waals surface area contributed by atoms with Crippen LogP contribution in [0.3, 0.4) is 0 Å². The molecule has 1 aliphatic carbocycles. The summed E-state index contributed by atoms with van der Waals surface area (Å²) in [4.78, 5) is 14.8. The molecule has 0 spiro atoms. The van der Waals surface area contributed by atoms with Crippen LogP contribution in [0.1, 0.15) is 39.5 Å². The van der Waals surface area contributed by atoms with Crippen molar-refractivity contribution >= 4 is 5.91 Å². The molecule has 4 unspecified atom stereocenters. The maximum atomic E-state index is 12.7. The van der Waals surface area contributed by atoms with Crippen molar-refractivity contribution in [3.63, 3.8) is 0 Å². The fraction of sp³-hybridized carbons (Fsp3) is 0.938. The van der Waals surface area contributed by atoms with Crippen molar-refractivity contribution in [3.8, 4) is 0 Å². The number of hydrogen-bond acceptors (Lipinski definition) is 3. The molecule has 4 nitrogen and oxygen atoms in total. The molecule has 0 radical (unpaired) electrons. The van der Waals surface area contributed by atoms with Gasteiger partial charge in [-0.15, -0.1) is 0 Å². The molecule has 1 heterocycles. The average Bonchev–Trinajstić information content (AvgIpc) is 2.43. The smallest absolute Gasteiger partial charge is 0.226 e. The maximum absolute atomic E-state index is 12.7. The summed E-state index contributed by atoms with van der Waals surface area (Å²) in [5.74, 6) is 2.11. The fourth-order valence-electron chi connectivity index (χ4n) is 3.82. The molecule has 20 heavy (non-hydrogen) atoms. The lowest BCUT2D eigenvalue weighted by molar-refractivity contribution is -0.140. The Morgan fingerprint density at radius 2 is 1.85 bits per heavy atom. The third-order valence-corrected chi connectivity index (χ3v) is 5.33. The molecule has 1 aliphatic heterocycles. The number of likely N-dealkylation sites (tertiary alicyclic amines) is 1. The van der Waals surface area contributed by atoms with E-state index in [4.69, 9.17) is 10.5 Å². The molecular weight excluding hydrogens is 252 g/mol. The summed E-state index contributed by atoms with van der Waals surface area (Å²) < 4.78 is 5.22. The van der Waals surface area contributed by atoms with Crippen LogP contribution < -0.4 is 5.73 Å². The highest BCUT2D eigenvalue weighted by molar-refractivity contribution is 5.79. The van der Waals surface area contributed by atoms with Crippen LogP contribution in [0, 0.1) is 23.7 Å². The number of piperidine rings is 1. The van der Waals surface area contributed by atoms with Gasteiger partial charge in [-0.2, -0.15) is 0 Å². The summed E-state index contributed by atoms with van der Waals surface area (Å²) in [5, 5.41) is 0. The van der Waals surface area contributed by atoms with Crippen LogP contribution >= 0.6 is 0 Å². The molecule has 116 valence electrons. The molecule has 2 fully saturated rings. The van der Waals surface area contributed by atoms with E-state index < -0.39 is 0 Å². The van der Waals surface area contributed by atoms with Crippen LogP contribution in [0.5, 0.6) is 0 Å². The van der Waals surface area contributed by atoms with Gasteiger partial charge in [-0.1, -0.05) is 13.8 Å². The standard InChI is InChI=1S/C16H30N2O2/c1-11-8-12(2)15(17)9-14(11)16(19)18-6-4-13(5-7-18)10-20-3/h11-15H,4-10,17H2,1-3H3. The van der Waals surface area contributed by atoms with E-state index in [1.54, 1.807) is 7.11 Å². The van der Waals surface area contributed by atoms with Gasteiger partial charge in [0.25, 0.3) is 0 Å². The van der Waals surface area contributed by atoms with Crippen molar-refractivity contribution in [3.05, 3.63) is 0 Å². The predicted molar refractivity (Wildman–Crippen MR) is 80.2 cm³/mol. The third-order valence-electron chi connectivity index (χ3n) is 5.33. The summed E-state index contributed by atoms with van der Waals surface area (Å²) in [6, 6.07) is 0.186. The van der Waals surface area contributed by atoms with Crippen molar-refractivity contribution in [2.45, 2.75) is 45.6 Å². The predicted octanol–water partition coefficient (Wildman–Crippen LogP) is 1.88. The van der Waals surface area contributed by atoms with Gasteiger partial charge in [-0.3, -0.25) is 4.79 Å². The molecule has 2 aliphatic rings. The number of methoxy groups -OCH3 is 1. The number of ether oxygens (including phenoxy) is 1. The normalized spacial score (nSPS) is 36.1. The van der Waals surface area contributed by atoms with Gasteiger partial charge in [0.2, 0.25) is 5.91 Å². The van der Waals surface area contributed by atoms with Crippen LogP contribution in [0.4, 0.5) is 0 Å². The van der Waals surface area contributed by atoms with Gasteiger partial charge in [0.05, 0.1) is 0 Å². The van der Waals surface area contributed by atoms with E-state index in [1.165, 1.54) is 0 Å². The lowest BCUT2D eigenvalue weighted by Crippen LogP contribution is -2.48. The number of rotatable bonds is 3. The summed E-state index contributed by atoms with van der Waals surface area (Å²) in [5.41, 5.74) is 6.17. The lowest BCUT2D eigenvalue weighted by atomic mass is 9.72. The molecule has 1 amide bonds. The van der Waals surface area contributed by atoms with Gasteiger partial charge < -0.3 is 15.4 Å². The molecule has 1 saturated carbocycles. The molecule has 2 rings (SSSR count). The Labute approximate surface area is 123 Å². The number of carbonyl (C=O) groups excluding carboxylic acids is 1. The van der Waals surface area contributed by atoms with Crippen LogP contribution in [0.15, 0.2) is 0 Å². The van der Waals surface area contributed by atoms with Crippen molar-refractivity contribution in [1.82, 2.24) is 4.90 Å². The first-order chi connectivity index (χ1) is 9.52. The molecule has 0 aromatic carbocycles. The van der Waals surface area contributed by atoms with Crippen LogP contribution in [-0.4, -0.2) is 43.7 Å². The van der Waals surface area contributed by atoms with Crippen LogP contribution in [0.2, 0.25) is 0 Å². The first-order valence-corrected chi connectivity index (χ1v) is 8.06. The maximum Gasteiger partial charge on any atom is 0.226 e. The Kier molecular flexibility index (Phi) is 5.44. The Balaban J connectivity index is 1.88. The van der Waals surface area contributed by atoms with Crippen molar-refractivity contribution in [2.75, 3.05) is 26.8 Å². The first-order valence-electron chi connectivity index (χ1n) is 8.06. The van der Waals surface area contributed by atoms with E-state index in [0.717, 1.165) is 45.4 Å². The summed E-state index contributed by atoms with van der Waals surface area (Å²) in [6.45, 7) is 7.02. The number of carbonyl (C=O) groups is 1. The molecule has 0 aromatic rings. The molecular formula is C16H30N2O2.